The molecule has 1 atom stereocenters. The average molecular weight is 339 g/mol. The molecule has 0 aromatic carbocycles. The Bertz CT molecular complexity index is 767. The quantitative estimate of drug-likeness (QED) is 0.832. The summed E-state index contributed by atoms with van der Waals surface area (Å²) in [5.41, 5.74) is 1.94. The summed E-state index contributed by atoms with van der Waals surface area (Å²) in [5.74, 6) is 0.868. The maximum Gasteiger partial charge on any atom is 0.211 e. The lowest BCUT2D eigenvalue weighted by Crippen LogP contribution is -2.42. The van der Waals surface area contributed by atoms with E-state index in [0.29, 0.717) is 13.1 Å². The second-order valence-corrected chi connectivity index (χ2v) is 7.89. The van der Waals surface area contributed by atoms with Crippen LogP contribution in [0.25, 0.3) is 0 Å². The molecule has 0 aliphatic carbocycles. The molecule has 0 amide bonds. The highest BCUT2D eigenvalue weighted by molar-refractivity contribution is 7.89. The maximum atomic E-state index is 11.7. The molecule has 3 heterocycles. The van der Waals surface area contributed by atoms with E-state index in [2.05, 4.69) is 19.8 Å². The molecule has 0 spiro atoms. The zero-order chi connectivity index (χ0) is 16.4. The summed E-state index contributed by atoms with van der Waals surface area (Å²) in [6.07, 6.45) is 3.58. The summed E-state index contributed by atoms with van der Waals surface area (Å²) >= 11 is 0. The molecule has 2 aromatic heterocycles. The topological polar surface area (TPSA) is 93.3 Å². The van der Waals surface area contributed by atoms with Crippen LogP contribution in [0.2, 0.25) is 0 Å². The van der Waals surface area contributed by atoms with Crippen LogP contribution in [-0.2, 0) is 23.1 Å². The lowest BCUT2D eigenvalue weighted by atomic mass is 10.2. The minimum atomic E-state index is -3.21. The van der Waals surface area contributed by atoms with Gasteiger partial charge >= 0.3 is 0 Å². The molecule has 23 heavy (non-hydrogen) atoms. The van der Waals surface area contributed by atoms with Crippen molar-refractivity contribution in [3.8, 4) is 0 Å². The van der Waals surface area contributed by atoms with Crippen LogP contribution in [0.15, 0.2) is 23.1 Å². The van der Waals surface area contributed by atoms with Gasteiger partial charge in [0, 0.05) is 38.4 Å². The predicted molar refractivity (Wildman–Crippen MR) is 84.1 cm³/mol. The van der Waals surface area contributed by atoms with E-state index in [1.54, 1.807) is 13.3 Å². The highest BCUT2D eigenvalue weighted by Crippen LogP contribution is 2.22. The van der Waals surface area contributed by atoms with Crippen molar-refractivity contribution in [2.45, 2.75) is 33.0 Å². The fraction of sp³-hybridized carbons (Fsp3) is 0.571. The second kappa shape index (κ2) is 6.42. The Morgan fingerprint density at radius 2 is 2.30 bits per heavy atom. The van der Waals surface area contributed by atoms with Gasteiger partial charge in [-0.05, 0) is 13.8 Å². The molecule has 8 nitrogen and oxygen atoms in total. The first kappa shape index (κ1) is 16.2. The van der Waals surface area contributed by atoms with E-state index >= 15 is 0 Å². The molecule has 2 aromatic rings. The average Bonchev–Trinajstić information content (AvgIpc) is 3.14. The normalized spacial score (nSPS) is 19.0. The van der Waals surface area contributed by atoms with Crippen molar-refractivity contribution in [2.24, 2.45) is 0 Å². The monoisotopic (exact) mass is 339 g/mol. The Balaban J connectivity index is 1.72. The minimum absolute atomic E-state index is 0.00979. The van der Waals surface area contributed by atoms with Gasteiger partial charge in [0.25, 0.3) is 0 Å². The second-order valence-electron chi connectivity index (χ2n) is 5.80. The summed E-state index contributed by atoms with van der Waals surface area (Å²) in [4.78, 5) is 6.41. The first-order valence-electron chi connectivity index (χ1n) is 7.59. The summed E-state index contributed by atoms with van der Waals surface area (Å²) in [5, 5.41) is 4.03. The van der Waals surface area contributed by atoms with Gasteiger partial charge in [0.15, 0.2) is 0 Å². The summed E-state index contributed by atoms with van der Waals surface area (Å²) in [6.45, 7) is 5.99. The molecule has 0 saturated carbocycles. The van der Waals surface area contributed by atoms with Crippen LogP contribution in [0.1, 0.15) is 30.1 Å². The van der Waals surface area contributed by atoms with Gasteiger partial charge < -0.3 is 9.09 Å². The van der Waals surface area contributed by atoms with Crippen molar-refractivity contribution >= 4 is 10.0 Å². The third-order valence-electron chi connectivity index (χ3n) is 3.98. The lowest BCUT2D eigenvalue weighted by molar-refractivity contribution is 0.173. The number of sulfonamides is 1. The third kappa shape index (κ3) is 3.80. The first-order valence-corrected chi connectivity index (χ1v) is 9.24. The summed E-state index contributed by atoms with van der Waals surface area (Å²) in [7, 11) is -3.21. The molecular formula is C14H21N5O3S. The largest absolute Gasteiger partial charge is 0.361 e. The van der Waals surface area contributed by atoms with E-state index in [-0.39, 0.29) is 11.8 Å². The van der Waals surface area contributed by atoms with Crippen LogP contribution in [0.5, 0.6) is 0 Å². The van der Waals surface area contributed by atoms with Gasteiger partial charge in [-0.25, -0.2) is 18.1 Å². The van der Waals surface area contributed by atoms with Crippen LogP contribution >= 0.6 is 0 Å². The first-order chi connectivity index (χ1) is 11.0. The van der Waals surface area contributed by atoms with Gasteiger partial charge in [0.1, 0.15) is 5.76 Å². The van der Waals surface area contributed by atoms with Crippen molar-refractivity contribution in [1.82, 2.24) is 24.3 Å². The number of fused-ring (bicyclic) bond motifs is 1. The number of hydrogen-bond donors (Lipinski definition) is 1. The number of imidazole rings is 1. The fourth-order valence-corrected chi connectivity index (χ4v) is 3.44. The molecule has 9 heteroatoms. The van der Waals surface area contributed by atoms with Crippen molar-refractivity contribution in [1.29, 1.82) is 0 Å². The molecule has 0 unspecified atom stereocenters. The van der Waals surface area contributed by atoms with Crippen LogP contribution in [0.3, 0.4) is 0 Å². The highest BCUT2D eigenvalue weighted by atomic mass is 32.2. The predicted octanol–water partition coefficient (Wildman–Crippen LogP) is 0.676. The lowest BCUT2D eigenvalue weighted by Gasteiger charge is -2.34. The molecule has 0 radical (unpaired) electrons. The van der Waals surface area contributed by atoms with E-state index < -0.39 is 10.0 Å². The van der Waals surface area contributed by atoms with Gasteiger partial charge in [0.2, 0.25) is 10.0 Å². The van der Waals surface area contributed by atoms with Crippen LogP contribution in [0, 0.1) is 6.92 Å². The highest BCUT2D eigenvalue weighted by Gasteiger charge is 2.26. The van der Waals surface area contributed by atoms with Crippen molar-refractivity contribution in [3.63, 3.8) is 0 Å². The Kier molecular flexibility index (Phi) is 4.51. The number of nitrogens with zero attached hydrogens (tertiary/aromatic N) is 4. The SMILES string of the molecule is CCS(=O)(=O)NC[C@@H]1CN(Cc2cc(C)on2)Cc2cncn21. The van der Waals surface area contributed by atoms with Gasteiger partial charge in [-0.15, -0.1) is 0 Å². The Hall–Kier alpha value is -1.71. The van der Waals surface area contributed by atoms with Crippen molar-refractivity contribution in [3.05, 3.63) is 35.7 Å². The van der Waals surface area contributed by atoms with Gasteiger partial charge in [-0.3, -0.25) is 4.90 Å². The van der Waals surface area contributed by atoms with Gasteiger partial charge in [0.05, 0.1) is 29.5 Å². The number of aromatic nitrogens is 3. The number of hydrogen-bond acceptors (Lipinski definition) is 6. The molecule has 1 N–H and O–H groups in total. The number of rotatable bonds is 6. The standard InChI is InChI=1S/C14H21N5O3S/c1-3-23(20,21)16-6-14-9-18(7-12-4-11(2)22-17-12)8-13-5-15-10-19(13)14/h4-5,10,14,16H,3,6-9H2,1-2H3/t14-/m1/s1. The van der Waals surface area contributed by atoms with E-state index in [1.807, 2.05) is 23.8 Å². The minimum Gasteiger partial charge on any atom is -0.361 e. The molecule has 1 aliphatic heterocycles. The van der Waals surface area contributed by atoms with E-state index in [4.69, 9.17) is 4.52 Å². The molecule has 0 saturated heterocycles. The van der Waals surface area contributed by atoms with Crippen LogP contribution < -0.4 is 4.72 Å². The van der Waals surface area contributed by atoms with Crippen molar-refractivity contribution in [2.75, 3.05) is 18.8 Å². The summed E-state index contributed by atoms with van der Waals surface area (Å²) in [6, 6.07) is 1.93. The van der Waals surface area contributed by atoms with Crippen LogP contribution in [0.4, 0.5) is 0 Å². The van der Waals surface area contributed by atoms with E-state index in [0.717, 1.165) is 30.2 Å². The van der Waals surface area contributed by atoms with Gasteiger partial charge in [-0.1, -0.05) is 5.16 Å². The number of nitrogens with one attached hydrogen (secondary N) is 1. The fourth-order valence-electron chi connectivity index (χ4n) is 2.79. The smallest absolute Gasteiger partial charge is 0.211 e. The third-order valence-corrected chi connectivity index (χ3v) is 5.34. The van der Waals surface area contributed by atoms with Crippen molar-refractivity contribution < 1.29 is 12.9 Å². The molecule has 126 valence electrons. The Morgan fingerprint density at radius 1 is 1.48 bits per heavy atom. The van der Waals surface area contributed by atoms with Gasteiger partial charge in [-0.2, -0.15) is 0 Å². The molecule has 3 rings (SSSR count). The maximum absolute atomic E-state index is 11.7. The van der Waals surface area contributed by atoms with E-state index in [1.165, 1.54) is 0 Å². The van der Waals surface area contributed by atoms with E-state index in [9.17, 15) is 8.42 Å². The Morgan fingerprint density at radius 3 is 3.00 bits per heavy atom. The summed E-state index contributed by atoms with van der Waals surface area (Å²) < 4.78 is 33.2. The molecular weight excluding hydrogens is 318 g/mol. The zero-order valence-corrected chi connectivity index (χ0v) is 14.1. The number of aryl methyl sites for hydroxylation is 1. The molecule has 0 fully saturated rings. The Labute approximate surface area is 135 Å². The van der Waals surface area contributed by atoms with Crippen LogP contribution in [-0.4, -0.2) is 46.9 Å². The molecule has 1 aliphatic rings. The zero-order valence-electron chi connectivity index (χ0n) is 13.3. The molecule has 0 bridgehead atoms.